The Labute approximate surface area is 126 Å². The van der Waals surface area contributed by atoms with Crippen molar-refractivity contribution in [1.29, 1.82) is 0 Å². The van der Waals surface area contributed by atoms with E-state index in [-0.39, 0.29) is 21.7 Å². The largest absolute Gasteiger partial charge is 0.437 e. The molecule has 0 amide bonds. The third kappa shape index (κ3) is 3.66. The maximum absolute atomic E-state index is 12.7. The van der Waals surface area contributed by atoms with Crippen LogP contribution in [0.25, 0.3) is 0 Å². The molecular weight excluding hydrogens is 332 g/mol. The van der Waals surface area contributed by atoms with E-state index in [0.29, 0.717) is 6.07 Å². The molecule has 1 aromatic heterocycles. The van der Waals surface area contributed by atoms with Crippen molar-refractivity contribution in [3.63, 3.8) is 0 Å². The Morgan fingerprint density at radius 1 is 1.19 bits per heavy atom. The SMILES string of the molecule is NNc1nc(Oc2cccc(Cl)c2Cl)cc(C(F)(F)F)n1. The number of hydrazine groups is 1. The highest BCUT2D eigenvalue weighted by Gasteiger charge is 2.34. The van der Waals surface area contributed by atoms with Gasteiger partial charge in [0.15, 0.2) is 5.69 Å². The van der Waals surface area contributed by atoms with Crippen LogP contribution in [-0.4, -0.2) is 9.97 Å². The van der Waals surface area contributed by atoms with Gasteiger partial charge in [-0.3, -0.25) is 5.43 Å². The van der Waals surface area contributed by atoms with E-state index in [4.69, 9.17) is 33.8 Å². The second-order valence-corrected chi connectivity index (χ2v) is 4.50. The topological polar surface area (TPSA) is 73.1 Å². The number of ether oxygens (including phenoxy) is 1. The van der Waals surface area contributed by atoms with Gasteiger partial charge in [0.05, 0.1) is 5.02 Å². The summed E-state index contributed by atoms with van der Waals surface area (Å²) in [5.41, 5.74) is 0.721. The minimum absolute atomic E-state index is 0.0496. The van der Waals surface area contributed by atoms with Gasteiger partial charge in [0.1, 0.15) is 10.8 Å². The average molecular weight is 339 g/mol. The first kappa shape index (κ1) is 15.6. The zero-order valence-electron chi connectivity index (χ0n) is 10.1. The number of halogens is 5. The smallest absolute Gasteiger partial charge is 0.433 e. The quantitative estimate of drug-likeness (QED) is 0.656. The summed E-state index contributed by atoms with van der Waals surface area (Å²) >= 11 is 11.7. The van der Waals surface area contributed by atoms with E-state index in [9.17, 15) is 13.2 Å². The van der Waals surface area contributed by atoms with E-state index in [2.05, 4.69) is 9.97 Å². The second-order valence-electron chi connectivity index (χ2n) is 3.71. The number of rotatable bonds is 3. The summed E-state index contributed by atoms with van der Waals surface area (Å²) in [5, 5.41) is 0.241. The molecule has 0 atom stereocenters. The van der Waals surface area contributed by atoms with Gasteiger partial charge in [0.25, 0.3) is 0 Å². The summed E-state index contributed by atoms with van der Waals surface area (Å²) < 4.78 is 43.3. The van der Waals surface area contributed by atoms with Crippen LogP contribution in [0, 0.1) is 0 Å². The van der Waals surface area contributed by atoms with Gasteiger partial charge in [-0.1, -0.05) is 29.3 Å². The molecule has 0 fully saturated rings. The molecule has 21 heavy (non-hydrogen) atoms. The first-order valence-electron chi connectivity index (χ1n) is 5.36. The van der Waals surface area contributed by atoms with Gasteiger partial charge in [0, 0.05) is 6.07 Å². The van der Waals surface area contributed by atoms with Crippen molar-refractivity contribution in [2.24, 2.45) is 5.84 Å². The van der Waals surface area contributed by atoms with E-state index in [1.807, 2.05) is 5.43 Å². The van der Waals surface area contributed by atoms with Crippen molar-refractivity contribution in [2.75, 3.05) is 5.43 Å². The molecule has 0 bridgehead atoms. The van der Waals surface area contributed by atoms with Crippen LogP contribution in [-0.2, 0) is 6.18 Å². The van der Waals surface area contributed by atoms with Crippen LogP contribution in [0.2, 0.25) is 10.0 Å². The van der Waals surface area contributed by atoms with Crippen LogP contribution in [0.4, 0.5) is 19.1 Å². The highest BCUT2D eigenvalue weighted by molar-refractivity contribution is 6.42. The maximum Gasteiger partial charge on any atom is 0.433 e. The van der Waals surface area contributed by atoms with E-state index < -0.39 is 17.8 Å². The highest BCUT2D eigenvalue weighted by Crippen LogP contribution is 2.36. The number of anilines is 1. The molecule has 0 radical (unpaired) electrons. The Kier molecular flexibility index (Phi) is 4.40. The third-order valence-corrected chi connectivity index (χ3v) is 3.05. The van der Waals surface area contributed by atoms with Gasteiger partial charge < -0.3 is 4.74 Å². The first-order chi connectivity index (χ1) is 9.81. The molecule has 5 nitrogen and oxygen atoms in total. The van der Waals surface area contributed by atoms with E-state index >= 15 is 0 Å². The van der Waals surface area contributed by atoms with Crippen LogP contribution in [0.3, 0.4) is 0 Å². The maximum atomic E-state index is 12.7. The summed E-state index contributed by atoms with van der Waals surface area (Å²) in [5.74, 6) is 4.26. The molecule has 2 aromatic rings. The summed E-state index contributed by atoms with van der Waals surface area (Å²) in [4.78, 5) is 6.85. The second kappa shape index (κ2) is 5.92. The predicted molar refractivity (Wildman–Crippen MR) is 71.4 cm³/mol. The number of aromatic nitrogens is 2. The number of hydrogen-bond donors (Lipinski definition) is 2. The van der Waals surface area contributed by atoms with Crippen molar-refractivity contribution >= 4 is 29.2 Å². The van der Waals surface area contributed by atoms with Crippen LogP contribution in [0.5, 0.6) is 11.6 Å². The Bertz CT molecular complexity index is 666. The fourth-order valence-corrected chi connectivity index (χ4v) is 1.69. The molecule has 0 aliphatic rings. The van der Waals surface area contributed by atoms with Gasteiger partial charge in [-0.2, -0.15) is 18.2 Å². The van der Waals surface area contributed by atoms with Gasteiger partial charge in [-0.15, -0.1) is 0 Å². The lowest BCUT2D eigenvalue weighted by Crippen LogP contribution is -2.15. The zero-order chi connectivity index (χ0) is 15.6. The highest BCUT2D eigenvalue weighted by atomic mass is 35.5. The van der Waals surface area contributed by atoms with Crippen molar-refractivity contribution in [1.82, 2.24) is 9.97 Å². The van der Waals surface area contributed by atoms with Crippen molar-refractivity contribution in [2.45, 2.75) is 6.18 Å². The number of alkyl halides is 3. The zero-order valence-corrected chi connectivity index (χ0v) is 11.6. The summed E-state index contributed by atoms with van der Waals surface area (Å²) in [6.07, 6.45) is -4.68. The summed E-state index contributed by atoms with van der Waals surface area (Å²) in [7, 11) is 0. The molecule has 112 valence electrons. The first-order valence-corrected chi connectivity index (χ1v) is 6.11. The Hall–Kier alpha value is -1.77. The van der Waals surface area contributed by atoms with Gasteiger partial charge in [-0.25, -0.2) is 10.8 Å². The van der Waals surface area contributed by atoms with Crippen LogP contribution < -0.4 is 16.0 Å². The van der Waals surface area contributed by atoms with Gasteiger partial charge in [0.2, 0.25) is 11.8 Å². The molecular formula is C11H7Cl2F3N4O. The number of nitrogens with zero attached hydrogens (tertiary/aromatic N) is 2. The fraction of sp³-hybridized carbons (Fsp3) is 0.0909. The number of nitrogens with one attached hydrogen (secondary N) is 1. The van der Waals surface area contributed by atoms with E-state index in [1.165, 1.54) is 18.2 Å². The number of hydrogen-bond acceptors (Lipinski definition) is 5. The Balaban J connectivity index is 2.42. The van der Waals surface area contributed by atoms with E-state index in [1.54, 1.807) is 0 Å². The molecule has 0 unspecified atom stereocenters. The van der Waals surface area contributed by atoms with Crippen LogP contribution in [0.1, 0.15) is 5.69 Å². The van der Waals surface area contributed by atoms with Crippen LogP contribution >= 0.6 is 23.2 Å². The van der Waals surface area contributed by atoms with Crippen molar-refractivity contribution < 1.29 is 17.9 Å². The molecule has 0 spiro atoms. The molecule has 10 heteroatoms. The van der Waals surface area contributed by atoms with E-state index in [0.717, 1.165) is 0 Å². The molecule has 0 saturated carbocycles. The molecule has 3 N–H and O–H groups in total. The fourth-order valence-electron chi connectivity index (χ4n) is 1.36. The monoisotopic (exact) mass is 338 g/mol. The van der Waals surface area contributed by atoms with Gasteiger partial charge >= 0.3 is 6.18 Å². The average Bonchev–Trinajstić information content (AvgIpc) is 2.42. The standard InChI is InChI=1S/C11H7Cl2F3N4O/c12-5-2-1-3-6(9(5)13)21-8-4-7(11(14,15)16)18-10(19-8)20-17/h1-4H,17H2,(H,18,19,20). The molecule has 0 saturated heterocycles. The number of nitrogens with two attached hydrogens (primary N) is 1. The Morgan fingerprint density at radius 3 is 2.52 bits per heavy atom. The lowest BCUT2D eigenvalue weighted by Gasteiger charge is -2.11. The van der Waals surface area contributed by atoms with Crippen molar-refractivity contribution in [3.05, 3.63) is 40.0 Å². The van der Waals surface area contributed by atoms with Crippen LogP contribution in [0.15, 0.2) is 24.3 Å². The Morgan fingerprint density at radius 2 is 1.90 bits per heavy atom. The molecule has 1 heterocycles. The van der Waals surface area contributed by atoms with Gasteiger partial charge in [-0.05, 0) is 12.1 Å². The van der Waals surface area contributed by atoms with Crippen molar-refractivity contribution in [3.8, 4) is 11.6 Å². The minimum atomic E-state index is -4.68. The third-order valence-electron chi connectivity index (χ3n) is 2.25. The lowest BCUT2D eigenvalue weighted by atomic mass is 10.3. The lowest BCUT2D eigenvalue weighted by molar-refractivity contribution is -0.141. The summed E-state index contributed by atoms with van der Waals surface area (Å²) in [6.45, 7) is 0. The number of nitrogen functional groups attached to an aromatic ring is 1. The predicted octanol–water partition coefficient (Wildman–Crippen LogP) is 3.88. The number of benzene rings is 1. The minimum Gasteiger partial charge on any atom is -0.437 e. The normalized spacial score (nSPS) is 11.3. The summed E-state index contributed by atoms with van der Waals surface area (Å²) in [6, 6.07) is 5.08. The molecule has 0 aliphatic heterocycles. The molecule has 0 aliphatic carbocycles. The molecule has 2 rings (SSSR count). The molecule has 1 aromatic carbocycles.